The van der Waals surface area contributed by atoms with Crippen LogP contribution in [0.2, 0.25) is 0 Å². The lowest BCUT2D eigenvalue weighted by atomic mass is 9.58. The number of hydrogen-bond acceptors (Lipinski definition) is 9. The van der Waals surface area contributed by atoms with Crippen LogP contribution in [0.15, 0.2) is 41.3 Å². The maximum absolute atomic E-state index is 13.5. The summed E-state index contributed by atoms with van der Waals surface area (Å²) in [5, 5.41) is 44.0. The van der Waals surface area contributed by atoms with Crippen LogP contribution >= 0.6 is 0 Å². The topological polar surface area (TPSA) is 197 Å². The molecule has 0 spiro atoms. The van der Waals surface area contributed by atoms with E-state index in [1.54, 1.807) is 24.4 Å². The van der Waals surface area contributed by atoms with Gasteiger partial charge in [0.05, 0.1) is 17.1 Å². The number of aromatic nitrogens is 1. The highest BCUT2D eigenvalue weighted by atomic mass is 16.3. The second-order valence-corrected chi connectivity index (χ2v) is 8.41. The number of amides is 1. The number of pyridine rings is 1. The summed E-state index contributed by atoms with van der Waals surface area (Å²) in [6.45, 7) is 0. The number of aromatic hydroxyl groups is 1. The smallest absolute Gasteiger partial charge is 0.255 e. The molecule has 1 fully saturated rings. The molecule has 0 aliphatic heterocycles. The number of rotatable bonds is 1. The zero-order valence-electron chi connectivity index (χ0n) is 16.6. The largest absolute Gasteiger partial charge is 0.508 e. The van der Waals surface area contributed by atoms with Crippen molar-refractivity contribution in [3.05, 3.63) is 52.4 Å². The Balaban J connectivity index is 1.76. The van der Waals surface area contributed by atoms with E-state index in [9.17, 15) is 34.8 Å². The summed E-state index contributed by atoms with van der Waals surface area (Å²) in [6.07, 6.45) is 1.72. The summed E-state index contributed by atoms with van der Waals surface area (Å²) in [5.41, 5.74) is 8.36. The van der Waals surface area contributed by atoms with Gasteiger partial charge < -0.3 is 31.9 Å². The summed E-state index contributed by atoms with van der Waals surface area (Å²) in [5.74, 6) is -7.25. The molecule has 4 atom stereocenters. The van der Waals surface area contributed by atoms with Crippen LogP contribution in [0, 0.1) is 11.8 Å². The molecule has 1 aromatic heterocycles. The molecule has 0 unspecified atom stereocenters. The summed E-state index contributed by atoms with van der Waals surface area (Å²) in [6, 6.07) is 3.45. The number of nitrogens with zero attached hydrogens (tertiary/aromatic N) is 1. The number of ketones is 2. The molecule has 0 radical (unpaired) electrons. The number of aliphatic hydroxyl groups is 3. The fourth-order valence-electron chi connectivity index (χ4n) is 5.31. The van der Waals surface area contributed by atoms with Crippen molar-refractivity contribution in [2.45, 2.75) is 24.5 Å². The van der Waals surface area contributed by atoms with E-state index < -0.39 is 58.0 Å². The number of aliphatic hydroxyl groups excluding tert-OH is 2. The highest BCUT2D eigenvalue weighted by molar-refractivity contribution is 6.24. The summed E-state index contributed by atoms with van der Waals surface area (Å²) >= 11 is 0. The van der Waals surface area contributed by atoms with E-state index in [0.717, 1.165) is 0 Å². The molecule has 1 saturated carbocycles. The standard InChI is InChI=1S/C22H19N3O7/c23-15-10-5-7-4-8-6-11-9(2-1-3-25-11)16(26)12(8)17(27)13(7)19(29)22(10,32)20(30)14(18(15)28)21(24)31/h1-3,6-7,10,15,26-27,30,32H,4-5,23H2,(H2,24,31)/t7-,10-,15-,22-/m0/s1. The number of phenols is 1. The second-order valence-electron chi connectivity index (χ2n) is 8.41. The molecule has 3 aliphatic carbocycles. The van der Waals surface area contributed by atoms with Crippen molar-refractivity contribution >= 4 is 34.1 Å². The Hall–Kier alpha value is -3.76. The number of primary amides is 1. The van der Waals surface area contributed by atoms with Crippen molar-refractivity contribution in [2.75, 3.05) is 0 Å². The number of carbonyl (C=O) groups excluding carboxylic acids is 3. The second kappa shape index (κ2) is 6.38. The number of carbonyl (C=O) groups is 3. The van der Waals surface area contributed by atoms with Gasteiger partial charge in [0.15, 0.2) is 11.4 Å². The fourth-order valence-corrected chi connectivity index (χ4v) is 5.31. The normalized spacial score (nSPS) is 29.6. The molecule has 10 nitrogen and oxygen atoms in total. The molecule has 0 saturated heterocycles. The van der Waals surface area contributed by atoms with Gasteiger partial charge in [0.1, 0.15) is 22.8 Å². The molecule has 3 aliphatic rings. The lowest BCUT2D eigenvalue weighted by Crippen LogP contribution is -2.65. The van der Waals surface area contributed by atoms with Crippen molar-refractivity contribution in [3.63, 3.8) is 0 Å². The van der Waals surface area contributed by atoms with Crippen LogP contribution in [-0.4, -0.2) is 54.5 Å². The minimum absolute atomic E-state index is 0.0296. The number of benzene rings is 1. The van der Waals surface area contributed by atoms with Gasteiger partial charge in [-0.05, 0) is 42.5 Å². The summed E-state index contributed by atoms with van der Waals surface area (Å²) in [7, 11) is 0. The monoisotopic (exact) mass is 437 g/mol. The molecule has 10 heteroatoms. The van der Waals surface area contributed by atoms with E-state index in [0.29, 0.717) is 16.5 Å². The molecular weight excluding hydrogens is 418 g/mol. The third-order valence-corrected chi connectivity index (χ3v) is 6.82. The van der Waals surface area contributed by atoms with Gasteiger partial charge in [-0.1, -0.05) is 0 Å². The van der Waals surface area contributed by atoms with E-state index in [1.807, 2.05) is 0 Å². The highest BCUT2D eigenvalue weighted by Gasteiger charge is 2.63. The highest BCUT2D eigenvalue weighted by Crippen LogP contribution is 2.52. The lowest BCUT2D eigenvalue weighted by Gasteiger charge is -2.48. The number of phenolic OH excluding ortho intramolecular Hbond substituents is 1. The van der Waals surface area contributed by atoms with Crippen molar-refractivity contribution in [1.82, 2.24) is 4.98 Å². The van der Waals surface area contributed by atoms with Gasteiger partial charge in [0.25, 0.3) is 5.91 Å². The van der Waals surface area contributed by atoms with E-state index in [-0.39, 0.29) is 29.7 Å². The Morgan fingerprint density at radius 1 is 1.22 bits per heavy atom. The molecule has 2 aromatic rings. The SMILES string of the molecule is NC(=O)C1=C(O)[C@@]2(O)C(=O)C3=C(O)c4c(cc5ncccc5c4O)C[C@H]3C[C@H]2[C@H](N)C1=O. The molecule has 32 heavy (non-hydrogen) atoms. The van der Waals surface area contributed by atoms with Crippen molar-refractivity contribution in [3.8, 4) is 5.75 Å². The van der Waals surface area contributed by atoms with Crippen molar-refractivity contribution in [2.24, 2.45) is 23.3 Å². The first-order valence-electron chi connectivity index (χ1n) is 9.92. The van der Waals surface area contributed by atoms with Crippen LogP contribution in [0.4, 0.5) is 0 Å². The first-order chi connectivity index (χ1) is 15.1. The Morgan fingerprint density at radius 2 is 1.94 bits per heavy atom. The zero-order chi connectivity index (χ0) is 23.1. The van der Waals surface area contributed by atoms with Gasteiger partial charge in [0, 0.05) is 23.1 Å². The average Bonchev–Trinajstić information content (AvgIpc) is 2.74. The minimum atomic E-state index is -2.71. The van der Waals surface area contributed by atoms with E-state index >= 15 is 0 Å². The molecule has 1 amide bonds. The maximum Gasteiger partial charge on any atom is 0.255 e. The molecule has 0 bridgehead atoms. The van der Waals surface area contributed by atoms with Crippen LogP contribution in [0.3, 0.4) is 0 Å². The third-order valence-electron chi connectivity index (χ3n) is 6.82. The van der Waals surface area contributed by atoms with Crippen LogP contribution in [0.5, 0.6) is 5.75 Å². The maximum atomic E-state index is 13.5. The van der Waals surface area contributed by atoms with Crippen LogP contribution in [0.1, 0.15) is 17.5 Å². The Kier molecular flexibility index (Phi) is 4.02. The van der Waals surface area contributed by atoms with E-state index in [2.05, 4.69) is 4.98 Å². The van der Waals surface area contributed by atoms with E-state index in [1.165, 1.54) is 0 Å². The van der Waals surface area contributed by atoms with Gasteiger partial charge in [-0.3, -0.25) is 19.4 Å². The van der Waals surface area contributed by atoms with Gasteiger partial charge in [-0.2, -0.15) is 0 Å². The Labute approximate surface area is 180 Å². The van der Waals surface area contributed by atoms with Gasteiger partial charge in [-0.25, -0.2) is 0 Å². The molecular formula is C22H19N3O7. The van der Waals surface area contributed by atoms with Crippen LogP contribution in [-0.2, 0) is 20.8 Å². The predicted molar refractivity (Wildman–Crippen MR) is 110 cm³/mol. The summed E-state index contributed by atoms with van der Waals surface area (Å²) < 4.78 is 0. The van der Waals surface area contributed by atoms with Crippen molar-refractivity contribution in [1.29, 1.82) is 0 Å². The number of nitrogens with two attached hydrogens (primary N) is 2. The molecule has 8 N–H and O–H groups in total. The van der Waals surface area contributed by atoms with Gasteiger partial charge >= 0.3 is 0 Å². The first kappa shape index (κ1) is 20.2. The zero-order valence-corrected chi connectivity index (χ0v) is 16.6. The first-order valence-corrected chi connectivity index (χ1v) is 9.92. The minimum Gasteiger partial charge on any atom is -0.508 e. The Bertz CT molecular complexity index is 1330. The molecule has 1 heterocycles. The molecule has 5 rings (SSSR count). The predicted octanol–water partition coefficient (Wildman–Crippen LogP) is -0.0907. The van der Waals surface area contributed by atoms with Crippen molar-refractivity contribution < 1.29 is 34.8 Å². The molecule has 1 aromatic carbocycles. The number of fused-ring (bicyclic) bond motifs is 4. The summed E-state index contributed by atoms with van der Waals surface area (Å²) in [4.78, 5) is 41.9. The van der Waals surface area contributed by atoms with Gasteiger partial charge in [-0.15, -0.1) is 0 Å². The quantitative estimate of drug-likeness (QED) is 0.330. The van der Waals surface area contributed by atoms with Crippen LogP contribution < -0.4 is 11.5 Å². The Morgan fingerprint density at radius 3 is 2.62 bits per heavy atom. The average molecular weight is 437 g/mol. The molecule has 164 valence electrons. The fraction of sp³-hybridized carbons (Fsp3) is 0.273. The third kappa shape index (κ3) is 2.30. The van der Waals surface area contributed by atoms with E-state index in [4.69, 9.17) is 11.5 Å². The van der Waals surface area contributed by atoms with Gasteiger partial charge in [0.2, 0.25) is 5.78 Å². The lowest BCUT2D eigenvalue weighted by molar-refractivity contribution is -0.149. The van der Waals surface area contributed by atoms with Crippen LogP contribution in [0.25, 0.3) is 16.7 Å². The number of Topliss-reactive ketones (excluding diaryl/α,β-unsaturated/α-hetero) is 2. The number of hydrogen-bond donors (Lipinski definition) is 6.